The maximum atomic E-state index is 5.21. The van der Waals surface area contributed by atoms with Crippen LogP contribution in [-0.2, 0) is 6.54 Å². The summed E-state index contributed by atoms with van der Waals surface area (Å²) in [6.07, 6.45) is 1.55. The Labute approximate surface area is 72.9 Å². The van der Waals surface area contributed by atoms with E-state index in [0.29, 0.717) is 12.3 Å². The first-order valence-corrected chi connectivity index (χ1v) is 3.57. The van der Waals surface area contributed by atoms with Crippen molar-refractivity contribution in [2.75, 3.05) is 11.1 Å². The van der Waals surface area contributed by atoms with Crippen molar-refractivity contribution in [1.29, 1.82) is 0 Å². The summed E-state index contributed by atoms with van der Waals surface area (Å²) >= 11 is 0. The van der Waals surface area contributed by atoms with Gasteiger partial charge in [-0.3, -0.25) is 0 Å². The Morgan fingerprint density at radius 1 is 1.46 bits per heavy atom. The van der Waals surface area contributed by atoms with Crippen LogP contribution in [0.3, 0.4) is 0 Å². The summed E-state index contributed by atoms with van der Waals surface area (Å²) in [5.41, 5.74) is 5.21. The molecule has 68 valence electrons. The molecular weight excluding hydrogens is 174 g/mol. The predicted molar refractivity (Wildman–Crippen MR) is 42.5 cm³/mol. The molecule has 7 nitrogen and oxygen atoms in total. The summed E-state index contributed by atoms with van der Waals surface area (Å²) in [5.74, 6) is 0.678. The maximum Gasteiger partial charge on any atom is 0.317 e. The Morgan fingerprint density at radius 2 is 2.38 bits per heavy atom. The zero-order valence-corrected chi connectivity index (χ0v) is 6.60. The van der Waals surface area contributed by atoms with Crippen LogP contribution in [0.4, 0.5) is 12.0 Å². The minimum Gasteiger partial charge on any atom is -0.390 e. The fraction of sp³-hybridized carbons (Fsp3) is 0.167. The van der Waals surface area contributed by atoms with Crippen molar-refractivity contribution < 1.29 is 8.94 Å². The fourth-order valence-electron chi connectivity index (χ4n) is 0.802. The number of nitrogens with zero attached hydrogens (tertiary/aromatic N) is 3. The first-order valence-electron chi connectivity index (χ1n) is 3.57. The largest absolute Gasteiger partial charge is 0.390 e. The number of anilines is 2. The standard InChI is InChI=1S/C6H7N5O2/c7-5-10-11-6(12-5)8-3-4-1-2-9-13-4/h1-2H,3H2,(H2,7,10)(H,8,11). The van der Waals surface area contributed by atoms with Crippen LogP contribution in [0.5, 0.6) is 0 Å². The Balaban J connectivity index is 1.93. The number of nitrogens with one attached hydrogen (secondary N) is 1. The van der Waals surface area contributed by atoms with Gasteiger partial charge in [0.25, 0.3) is 0 Å². The maximum absolute atomic E-state index is 5.21. The normalized spacial score (nSPS) is 10.2. The molecule has 0 unspecified atom stereocenters. The van der Waals surface area contributed by atoms with Crippen LogP contribution in [0, 0.1) is 0 Å². The van der Waals surface area contributed by atoms with Gasteiger partial charge in [-0.05, 0) is 0 Å². The first kappa shape index (κ1) is 7.59. The van der Waals surface area contributed by atoms with Crippen molar-refractivity contribution >= 4 is 12.0 Å². The summed E-state index contributed by atoms with van der Waals surface area (Å²) in [4.78, 5) is 0. The van der Waals surface area contributed by atoms with Crippen molar-refractivity contribution in [2.24, 2.45) is 0 Å². The van der Waals surface area contributed by atoms with Crippen LogP contribution >= 0.6 is 0 Å². The van der Waals surface area contributed by atoms with Gasteiger partial charge in [0.1, 0.15) is 0 Å². The smallest absolute Gasteiger partial charge is 0.317 e. The zero-order chi connectivity index (χ0) is 9.10. The Bertz CT molecular complexity index is 368. The number of nitrogens with two attached hydrogens (primary N) is 1. The summed E-state index contributed by atoms with van der Waals surface area (Å²) in [5, 5.41) is 13.4. The molecule has 2 aromatic rings. The average molecular weight is 181 g/mol. The number of hydrogen-bond acceptors (Lipinski definition) is 7. The van der Waals surface area contributed by atoms with E-state index in [4.69, 9.17) is 14.7 Å². The van der Waals surface area contributed by atoms with Crippen LogP contribution in [-0.4, -0.2) is 15.4 Å². The second kappa shape index (κ2) is 3.13. The molecule has 0 atom stereocenters. The molecule has 0 aliphatic carbocycles. The van der Waals surface area contributed by atoms with Crippen molar-refractivity contribution in [3.05, 3.63) is 18.0 Å². The van der Waals surface area contributed by atoms with E-state index in [1.807, 2.05) is 0 Å². The second-order valence-electron chi connectivity index (χ2n) is 2.28. The molecule has 3 N–H and O–H groups in total. The third-order valence-corrected chi connectivity index (χ3v) is 1.35. The minimum absolute atomic E-state index is 0.0278. The number of aromatic nitrogens is 3. The molecule has 0 amide bonds. The van der Waals surface area contributed by atoms with Crippen molar-refractivity contribution in [3.8, 4) is 0 Å². The van der Waals surface area contributed by atoms with Gasteiger partial charge in [-0.2, -0.15) is 0 Å². The van der Waals surface area contributed by atoms with Gasteiger partial charge >= 0.3 is 12.0 Å². The molecule has 2 aromatic heterocycles. The van der Waals surface area contributed by atoms with Gasteiger partial charge in [0.2, 0.25) is 0 Å². The zero-order valence-electron chi connectivity index (χ0n) is 6.60. The molecule has 0 saturated carbocycles. The SMILES string of the molecule is Nc1nnc(NCc2ccno2)o1. The summed E-state index contributed by atoms with van der Waals surface area (Å²) in [6.45, 7) is 0.432. The molecule has 0 bridgehead atoms. The highest BCUT2D eigenvalue weighted by Crippen LogP contribution is 2.07. The second-order valence-corrected chi connectivity index (χ2v) is 2.28. The highest BCUT2D eigenvalue weighted by molar-refractivity contribution is 5.23. The predicted octanol–water partition coefficient (Wildman–Crippen LogP) is 0.252. The minimum atomic E-state index is 0.0278. The van der Waals surface area contributed by atoms with Gasteiger partial charge in [-0.25, -0.2) is 0 Å². The third kappa shape index (κ3) is 1.75. The average Bonchev–Trinajstić information content (AvgIpc) is 2.71. The summed E-state index contributed by atoms with van der Waals surface area (Å²) < 4.78 is 9.69. The van der Waals surface area contributed by atoms with Crippen molar-refractivity contribution in [2.45, 2.75) is 6.54 Å². The van der Waals surface area contributed by atoms with Crippen molar-refractivity contribution in [1.82, 2.24) is 15.4 Å². The molecule has 0 aromatic carbocycles. The summed E-state index contributed by atoms with van der Waals surface area (Å²) in [7, 11) is 0. The van der Waals surface area contributed by atoms with Crippen LogP contribution in [0.15, 0.2) is 21.2 Å². The monoisotopic (exact) mass is 181 g/mol. The van der Waals surface area contributed by atoms with Crippen LogP contribution in [0.2, 0.25) is 0 Å². The molecule has 0 aliphatic heterocycles. The lowest BCUT2D eigenvalue weighted by Crippen LogP contribution is -1.97. The number of hydrogen-bond donors (Lipinski definition) is 2. The first-order chi connectivity index (χ1) is 6.34. The van der Waals surface area contributed by atoms with E-state index < -0.39 is 0 Å². The fourth-order valence-corrected chi connectivity index (χ4v) is 0.802. The molecular formula is C6H7N5O2. The molecule has 2 rings (SSSR count). The van der Waals surface area contributed by atoms with E-state index in [1.54, 1.807) is 12.3 Å². The van der Waals surface area contributed by atoms with Gasteiger partial charge in [0.15, 0.2) is 5.76 Å². The van der Waals surface area contributed by atoms with Gasteiger partial charge in [0.05, 0.1) is 12.7 Å². The number of nitrogen functional groups attached to an aromatic ring is 1. The molecule has 0 radical (unpaired) electrons. The van der Waals surface area contributed by atoms with Gasteiger partial charge < -0.3 is 20.0 Å². The van der Waals surface area contributed by atoms with Gasteiger partial charge in [-0.15, -0.1) is 0 Å². The van der Waals surface area contributed by atoms with Crippen LogP contribution < -0.4 is 11.1 Å². The van der Waals surface area contributed by atoms with E-state index in [0.717, 1.165) is 0 Å². The van der Waals surface area contributed by atoms with E-state index >= 15 is 0 Å². The van der Waals surface area contributed by atoms with Crippen LogP contribution in [0.1, 0.15) is 5.76 Å². The molecule has 0 spiro atoms. The van der Waals surface area contributed by atoms with Crippen LogP contribution in [0.25, 0.3) is 0 Å². The molecule has 0 saturated heterocycles. The molecule has 2 heterocycles. The van der Waals surface area contributed by atoms with E-state index in [9.17, 15) is 0 Å². The molecule has 0 aliphatic rings. The Morgan fingerprint density at radius 3 is 3.00 bits per heavy atom. The topological polar surface area (TPSA) is 103 Å². The molecule has 0 fully saturated rings. The lowest BCUT2D eigenvalue weighted by atomic mass is 10.5. The highest BCUT2D eigenvalue weighted by atomic mass is 16.5. The molecule has 13 heavy (non-hydrogen) atoms. The Hall–Kier alpha value is -2.05. The van der Waals surface area contributed by atoms with Crippen molar-refractivity contribution in [3.63, 3.8) is 0 Å². The van der Waals surface area contributed by atoms with E-state index in [-0.39, 0.29) is 12.0 Å². The highest BCUT2D eigenvalue weighted by Gasteiger charge is 2.02. The van der Waals surface area contributed by atoms with E-state index in [2.05, 4.69) is 20.7 Å². The third-order valence-electron chi connectivity index (χ3n) is 1.35. The number of rotatable bonds is 3. The summed E-state index contributed by atoms with van der Waals surface area (Å²) in [6, 6.07) is 2.01. The quantitative estimate of drug-likeness (QED) is 0.699. The molecule has 7 heteroatoms. The Kier molecular flexibility index (Phi) is 1.83. The lowest BCUT2D eigenvalue weighted by molar-refractivity contribution is 0.386. The lowest BCUT2D eigenvalue weighted by Gasteiger charge is -1.94. The van der Waals surface area contributed by atoms with Gasteiger partial charge in [-0.1, -0.05) is 15.4 Å². The van der Waals surface area contributed by atoms with Gasteiger partial charge in [0, 0.05) is 6.07 Å². The van der Waals surface area contributed by atoms with E-state index in [1.165, 1.54) is 0 Å².